The first kappa shape index (κ1) is 15.9. The standard InChI is InChI=1S/C17H18N4O3/c1-3-11(2)13-9-14(23-20-13)17-19-15(21-24-17)10-16(22)18-12-7-5-4-6-8-12/h4-9,11H,3,10H2,1-2H3,(H,18,22). The third kappa shape index (κ3) is 3.68. The summed E-state index contributed by atoms with van der Waals surface area (Å²) >= 11 is 0. The van der Waals surface area contributed by atoms with E-state index in [1.165, 1.54) is 0 Å². The monoisotopic (exact) mass is 326 g/mol. The summed E-state index contributed by atoms with van der Waals surface area (Å²) in [6, 6.07) is 11.0. The molecule has 2 aromatic heterocycles. The number of aromatic nitrogens is 3. The van der Waals surface area contributed by atoms with E-state index in [0.29, 0.717) is 17.5 Å². The van der Waals surface area contributed by atoms with Gasteiger partial charge in [-0.05, 0) is 18.6 Å². The van der Waals surface area contributed by atoms with E-state index in [-0.39, 0.29) is 18.2 Å². The fourth-order valence-corrected chi connectivity index (χ4v) is 2.13. The second-order valence-electron chi connectivity index (χ2n) is 5.53. The Morgan fingerprint density at radius 2 is 2.00 bits per heavy atom. The average molecular weight is 326 g/mol. The van der Waals surface area contributed by atoms with E-state index in [2.05, 4.69) is 34.5 Å². The van der Waals surface area contributed by atoms with Crippen LogP contribution in [-0.2, 0) is 11.2 Å². The Hall–Kier alpha value is -2.96. The lowest BCUT2D eigenvalue weighted by molar-refractivity contribution is -0.115. The maximum Gasteiger partial charge on any atom is 0.296 e. The summed E-state index contributed by atoms with van der Waals surface area (Å²) in [7, 11) is 0. The van der Waals surface area contributed by atoms with Crippen molar-refractivity contribution >= 4 is 11.6 Å². The molecule has 0 spiro atoms. The maximum absolute atomic E-state index is 12.0. The molecule has 1 aromatic carbocycles. The molecule has 0 saturated carbocycles. The summed E-state index contributed by atoms with van der Waals surface area (Å²) in [4.78, 5) is 16.2. The second-order valence-corrected chi connectivity index (χ2v) is 5.53. The molecule has 0 radical (unpaired) electrons. The van der Waals surface area contributed by atoms with Gasteiger partial charge in [0.1, 0.15) is 0 Å². The third-order valence-corrected chi connectivity index (χ3v) is 3.70. The quantitative estimate of drug-likeness (QED) is 0.746. The Balaban J connectivity index is 1.65. The maximum atomic E-state index is 12.0. The zero-order valence-electron chi connectivity index (χ0n) is 13.5. The number of anilines is 1. The van der Waals surface area contributed by atoms with E-state index in [1.807, 2.05) is 30.3 Å². The summed E-state index contributed by atoms with van der Waals surface area (Å²) in [6.07, 6.45) is 0.978. The van der Waals surface area contributed by atoms with Gasteiger partial charge in [-0.3, -0.25) is 4.79 Å². The van der Waals surface area contributed by atoms with Gasteiger partial charge in [0, 0.05) is 17.7 Å². The normalized spacial score (nSPS) is 12.1. The number of carbonyl (C=O) groups is 1. The second kappa shape index (κ2) is 7.08. The van der Waals surface area contributed by atoms with Crippen molar-refractivity contribution in [3.8, 4) is 11.7 Å². The van der Waals surface area contributed by atoms with Crippen LogP contribution in [0.5, 0.6) is 0 Å². The van der Waals surface area contributed by atoms with Gasteiger partial charge in [-0.15, -0.1) is 0 Å². The van der Waals surface area contributed by atoms with E-state index >= 15 is 0 Å². The fraction of sp³-hybridized carbons (Fsp3) is 0.294. The largest absolute Gasteiger partial charge is 0.351 e. The first-order chi connectivity index (χ1) is 11.7. The molecule has 3 rings (SSSR count). The van der Waals surface area contributed by atoms with E-state index in [1.54, 1.807) is 6.07 Å². The number of rotatable bonds is 6. The highest BCUT2D eigenvalue weighted by atomic mass is 16.5. The first-order valence-electron chi connectivity index (χ1n) is 7.80. The molecule has 124 valence electrons. The highest BCUT2D eigenvalue weighted by Gasteiger charge is 2.18. The molecule has 2 heterocycles. The Labute approximate surface area is 139 Å². The zero-order chi connectivity index (χ0) is 16.9. The van der Waals surface area contributed by atoms with Gasteiger partial charge >= 0.3 is 0 Å². The number of benzene rings is 1. The van der Waals surface area contributed by atoms with Crippen molar-refractivity contribution in [3.63, 3.8) is 0 Å². The van der Waals surface area contributed by atoms with Crippen molar-refractivity contribution in [3.05, 3.63) is 47.9 Å². The van der Waals surface area contributed by atoms with Crippen molar-refractivity contribution in [2.24, 2.45) is 0 Å². The molecule has 0 aliphatic rings. The summed E-state index contributed by atoms with van der Waals surface area (Å²) in [6.45, 7) is 4.14. The lowest BCUT2D eigenvalue weighted by Gasteiger charge is -2.01. The average Bonchev–Trinajstić information content (AvgIpc) is 3.24. The fourth-order valence-electron chi connectivity index (χ4n) is 2.13. The number of amides is 1. The Morgan fingerprint density at radius 3 is 2.75 bits per heavy atom. The number of hydrogen-bond donors (Lipinski definition) is 1. The highest BCUT2D eigenvalue weighted by Crippen LogP contribution is 2.24. The van der Waals surface area contributed by atoms with Crippen LogP contribution in [0.1, 0.15) is 37.7 Å². The van der Waals surface area contributed by atoms with Gasteiger partial charge < -0.3 is 14.4 Å². The molecule has 0 fully saturated rings. The predicted octanol–water partition coefficient (Wildman–Crippen LogP) is 3.42. The Kier molecular flexibility index (Phi) is 4.69. The van der Waals surface area contributed by atoms with Gasteiger partial charge in [-0.1, -0.05) is 42.4 Å². The topological polar surface area (TPSA) is 94.1 Å². The van der Waals surface area contributed by atoms with Crippen LogP contribution in [0, 0.1) is 0 Å². The lowest BCUT2D eigenvalue weighted by atomic mass is 10.1. The van der Waals surface area contributed by atoms with Crippen LogP contribution >= 0.6 is 0 Å². The van der Waals surface area contributed by atoms with Crippen LogP contribution < -0.4 is 5.32 Å². The van der Waals surface area contributed by atoms with Crippen molar-refractivity contribution in [2.75, 3.05) is 5.32 Å². The third-order valence-electron chi connectivity index (χ3n) is 3.70. The van der Waals surface area contributed by atoms with E-state index in [0.717, 1.165) is 17.8 Å². The molecule has 1 atom stereocenters. The molecule has 1 amide bonds. The molecule has 0 aliphatic heterocycles. The van der Waals surface area contributed by atoms with Crippen molar-refractivity contribution in [2.45, 2.75) is 32.6 Å². The van der Waals surface area contributed by atoms with Gasteiger partial charge in [0.25, 0.3) is 5.89 Å². The molecule has 0 saturated heterocycles. The molecule has 1 unspecified atom stereocenters. The van der Waals surface area contributed by atoms with Gasteiger partial charge in [0.2, 0.25) is 11.7 Å². The van der Waals surface area contributed by atoms with Crippen LogP contribution in [0.3, 0.4) is 0 Å². The molecule has 24 heavy (non-hydrogen) atoms. The number of nitrogens with one attached hydrogen (secondary N) is 1. The van der Waals surface area contributed by atoms with Gasteiger partial charge in [0.15, 0.2) is 5.82 Å². The number of hydrogen-bond acceptors (Lipinski definition) is 6. The number of carbonyl (C=O) groups excluding carboxylic acids is 1. The molecule has 7 nitrogen and oxygen atoms in total. The SMILES string of the molecule is CCC(C)c1cc(-c2nc(CC(=O)Nc3ccccc3)no2)on1. The highest BCUT2D eigenvalue weighted by molar-refractivity contribution is 5.91. The number of para-hydroxylation sites is 1. The van der Waals surface area contributed by atoms with Crippen LogP contribution in [0.2, 0.25) is 0 Å². The van der Waals surface area contributed by atoms with Gasteiger partial charge in [0.05, 0.1) is 12.1 Å². The van der Waals surface area contributed by atoms with Crippen LogP contribution in [0.15, 0.2) is 45.4 Å². The summed E-state index contributed by atoms with van der Waals surface area (Å²) in [5.41, 5.74) is 1.56. The summed E-state index contributed by atoms with van der Waals surface area (Å²) in [5.74, 6) is 1.000. The minimum atomic E-state index is -0.216. The molecular weight excluding hydrogens is 308 g/mol. The molecule has 7 heteroatoms. The minimum Gasteiger partial charge on any atom is -0.351 e. The van der Waals surface area contributed by atoms with E-state index in [9.17, 15) is 4.79 Å². The summed E-state index contributed by atoms with van der Waals surface area (Å²) < 4.78 is 10.4. The van der Waals surface area contributed by atoms with Crippen LogP contribution in [0.25, 0.3) is 11.7 Å². The predicted molar refractivity (Wildman–Crippen MR) is 87.3 cm³/mol. The van der Waals surface area contributed by atoms with Crippen LogP contribution in [-0.4, -0.2) is 21.2 Å². The summed E-state index contributed by atoms with van der Waals surface area (Å²) in [5, 5.41) is 10.6. The smallest absolute Gasteiger partial charge is 0.296 e. The molecule has 0 aliphatic carbocycles. The van der Waals surface area contributed by atoms with Crippen LogP contribution in [0.4, 0.5) is 5.69 Å². The van der Waals surface area contributed by atoms with E-state index < -0.39 is 0 Å². The Bertz CT molecular complexity index is 810. The van der Waals surface area contributed by atoms with Crippen molar-refractivity contribution in [1.29, 1.82) is 0 Å². The van der Waals surface area contributed by atoms with Gasteiger partial charge in [-0.2, -0.15) is 4.98 Å². The Morgan fingerprint density at radius 1 is 1.21 bits per heavy atom. The molecular formula is C17H18N4O3. The van der Waals surface area contributed by atoms with Crippen molar-refractivity contribution < 1.29 is 13.8 Å². The molecule has 3 aromatic rings. The van der Waals surface area contributed by atoms with E-state index in [4.69, 9.17) is 9.05 Å². The van der Waals surface area contributed by atoms with Crippen molar-refractivity contribution in [1.82, 2.24) is 15.3 Å². The zero-order valence-corrected chi connectivity index (χ0v) is 13.5. The number of nitrogens with zero attached hydrogens (tertiary/aromatic N) is 3. The lowest BCUT2D eigenvalue weighted by Crippen LogP contribution is -2.15. The molecule has 1 N–H and O–H groups in total. The minimum absolute atomic E-state index is 0.0186. The first-order valence-corrected chi connectivity index (χ1v) is 7.80. The van der Waals surface area contributed by atoms with Gasteiger partial charge in [-0.25, -0.2) is 0 Å². The molecule has 0 bridgehead atoms.